The Hall–Kier alpha value is -4.63. The third-order valence-corrected chi connectivity index (χ3v) is 8.43. The highest BCUT2D eigenvalue weighted by atomic mass is 15.1. The van der Waals surface area contributed by atoms with Crippen LogP contribution in [0.5, 0.6) is 0 Å². The molecule has 0 aliphatic rings. The molecule has 0 radical (unpaired) electrons. The van der Waals surface area contributed by atoms with Crippen molar-refractivity contribution >= 4 is 76.5 Å². The van der Waals surface area contributed by atoms with Gasteiger partial charge in [-0.05, 0) is 42.8 Å². The van der Waals surface area contributed by atoms with Crippen LogP contribution in [0.3, 0.4) is 0 Å². The Bertz CT molecular complexity index is 2380. The minimum Gasteiger partial charge on any atom is -0.308 e. The summed E-state index contributed by atoms with van der Waals surface area (Å²) in [5, 5.41) is 9.28. The van der Waals surface area contributed by atoms with Crippen molar-refractivity contribution in [3.8, 4) is 0 Å². The van der Waals surface area contributed by atoms with Crippen molar-refractivity contribution in [2.45, 2.75) is 6.92 Å². The average molecular weight is 461 g/mol. The lowest BCUT2D eigenvalue weighted by molar-refractivity contribution is -0.617. The molecule has 168 valence electrons. The smallest absolute Gasteiger partial charge is 0.295 e. The van der Waals surface area contributed by atoms with E-state index in [1.807, 2.05) is 0 Å². The number of hydrogen-bond acceptors (Lipinski definition) is 0. The molecule has 0 atom stereocenters. The van der Waals surface area contributed by atoms with Gasteiger partial charge >= 0.3 is 0 Å². The summed E-state index contributed by atoms with van der Waals surface area (Å²) < 4.78 is 7.32. The number of hydrogen-bond donors (Lipinski definition) is 0. The Kier molecular flexibility index (Phi) is 3.18. The van der Waals surface area contributed by atoms with Gasteiger partial charge in [0.1, 0.15) is 5.52 Å². The first-order chi connectivity index (χ1) is 17.7. The normalized spacial score (nSPS) is 12.7. The van der Waals surface area contributed by atoms with Crippen LogP contribution in [0, 0.1) is 6.92 Å². The SMILES string of the molecule is Cc1c2c3cccc4c5ccccc5n(c2cc2c5ccccc5n5c6ccccc6[n+](C)c5c12)c43. The number of imidazole rings is 1. The van der Waals surface area contributed by atoms with Gasteiger partial charge in [0.05, 0.1) is 29.0 Å². The van der Waals surface area contributed by atoms with Crippen molar-refractivity contribution in [3.63, 3.8) is 0 Å². The van der Waals surface area contributed by atoms with Gasteiger partial charge in [-0.15, -0.1) is 0 Å². The van der Waals surface area contributed by atoms with Crippen LogP contribution in [0.15, 0.2) is 97.1 Å². The fourth-order valence-electron chi connectivity index (χ4n) is 7.02. The van der Waals surface area contributed by atoms with Gasteiger partial charge in [0.15, 0.2) is 11.0 Å². The molecule has 0 aliphatic carbocycles. The lowest BCUT2D eigenvalue weighted by Gasteiger charge is -2.10. The number of nitrogens with zero attached hydrogens (tertiary/aromatic N) is 3. The van der Waals surface area contributed by atoms with Gasteiger partial charge in [-0.2, -0.15) is 4.40 Å². The van der Waals surface area contributed by atoms with E-state index in [1.54, 1.807) is 0 Å². The van der Waals surface area contributed by atoms with Gasteiger partial charge in [0.25, 0.3) is 5.65 Å². The first-order valence-corrected chi connectivity index (χ1v) is 12.5. The van der Waals surface area contributed by atoms with E-state index in [4.69, 9.17) is 0 Å². The molecule has 0 fully saturated rings. The molecule has 0 aliphatic heterocycles. The number of rotatable bonds is 0. The molecule has 0 bridgehead atoms. The molecule has 0 amide bonds. The van der Waals surface area contributed by atoms with Crippen molar-refractivity contribution in [1.29, 1.82) is 0 Å². The van der Waals surface area contributed by atoms with E-state index in [9.17, 15) is 0 Å². The predicted octanol–water partition coefficient (Wildman–Crippen LogP) is 7.68. The van der Waals surface area contributed by atoms with E-state index < -0.39 is 0 Å². The van der Waals surface area contributed by atoms with E-state index in [1.165, 1.54) is 82.0 Å². The highest BCUT2D eigenvalue weighted by Crippen LogP contribution is 2.44. The third-order valence-electron chi connectivity index (χ3n) is 8.43. The molecule has 3 heteroatoms. The van der Waals surface area contributed by atoms with Crippen LogP contribution in [0.1, 0.15) is 5.56 Å². The van der Waals surface area contributed by atoms with Gasteiger partial charge in [0, 0.05) is 32.3 Å². The van der Waals surface area contributed by atoms with E-state index in [2.05, 4.69) is 124 Å². The second kappa shape index (κ2) is 6.13. The summed E-state index contributed by atoms with van der Waals surface area (Å²) in [6.45, 7) is 2.32. The summed E-state index contributed by atoms with van der Waals surface area (Å²) in [7, 11) is 2.20. The zero-order valence-corrected chi connectivity index (χ0v) is 20.1. The summed E-state index contributed by atoms with van der Waals surface area (Å²) in [5.74, 6) is 0. The average Bonchev–Trinajstić information content (AvgIpc) is 3.54. The second-order valence-corrected chi connectivity index (χ2v) is 10.1. The molecule has 0 saturated carbocycles. The molecule has 5 aromatic carbocycles. The Morgan fingerprint density at radius 2 is 1.14 bits per heavy atom. The minimum absolute atomic E-state index is 1.24. The minimum atomic E-state index is 1.24. The lowest BCUT2D eigenvalue weighted by atomic mass is 9.97. The topological polar surface area (TPSA) is 12.7 Å². The Labute approximate surface area is 206 Å². The number of aryl methyl sites for hydroxylation is 2. The molecule has 36 heavy (non-hydrogen) atoms. The zero-order chi connectivity index (χ0) is 23.7. The van der Waals surface area contributed by atoms with E-state index in [-0.39, 0.29) is 0 Å². The third kappa shape index (κ3) is 1.94. The first-order valence-electron chi connectivity index (χ1n) is 12.5. The Balaban J connectivity index is 1.68. The highest BCUT2D eigenvalue weighted by Gasteiger charge is 2.27. The molecule has 9 rings (SSSR count). The van der Waals surface area contributed by atoms with Crippen LogP contribution in [0.25, 0.3) is 76.5 Å². The number of para-hydroxylation sites is 5. The van der Waals surface area contributed by atoms with Crippen LogP contribution in [0.4, 0.5) is 0 Å². The second-order valence-electron chi connectivity index (χ2n) is 10.1. The van der Waals surface area contributed by atoms with Gasteiger partial charge < -0.3 is 4.40 Å². The molecule has 0 unspecified atom stereocenters. The maximum atomic E-state index is 2.50. The van der Waals surface area contributed by atoms with Crippen LogP contribution in [-0.4, -0.2) is 8.80 Å². The molecular formula is C33H22N3+. The van der Waals surface area contributed by atoms with Crippen molar-refractivity contribution < 1.29 is 4.57 Å². The summed E-state index contributed by atoms with van der Waals surface area (Å²) in [4.78, 5) is 0. The van der Waals surface area contributed by atoms with Crippen molar-refractivity contribution in [1.82, 2.24) is 8.80 Å². The van der Waals surface area contributed by atoms with Gasteiger partial charge in [-0.3, -0.25) is 0 Å². The first kappa shape index (κ1) is 18.7. The van der Waals surface area contributed by atoms with Crippen molar-refractivity contribution in [2.24, 2.45) is 7.05 Å². The molecule has 9 aromatic rings. The maximum Gasteiger partial charge on any atom is 0.295 e. The molecular weight excluding hydrogens is 438 g/mol. The van der Waals surface area contributed by atoms with Crippen LogP contribution >= 0.6 is 0 Å². The summed E-state index contributed by atoms with van der Waals surface area (Å²) in [6.07, 6.45) is 0. The fraction of sp³-hybridized carbons (Fsp3) is 0.0606. The highest BCUT2D eigenvalue weighted by molar-refractivity contribution is 6.28. The predicted molar refractivity (Wildman–Crippen MR) is 150 cm³/mol. The number of benzene rings is 5. The number of fused-ring (bicyclic) bond motifs is 14. The van der Waals surface area contributed by atoms with Gasteiger partial charge in [-0.25, -0.2) is 4.57 Å². The quantitative estimate of drug-likeness (QED) is 0.163. The van der Waals surface area contributed by atoms with Gasteiger partial charge in [-0.1, -0.05) is 66.7 Å². The monoisotopic (exact) mass is 460 g/mol. The molecule has 0 spiro atoms. The van der Waals surface area contributed by atoms with Crippen LogP contribution in [-0.2, 0) is 7.05 Å². The van der Waals surface area contributed by atoms with Crippen molar-refractivity contribution in [3.05, 3.63) is 103 Å². The van der Waals surface area contributed by atoms with Crippen LogP contribution < -0.4 is 4.57 Å². The molecule has 0 N–H and O–H groups in total. The molecule has 4 heterocycles. The summed E-state index contributed by atoms with van der Waals surface area (Å²) >= 11 is 0. The fourth-order valence-corrected chi connectivity index (χ4v) is 7.02. The zero-order valence-electron chi connectivity index (χ0n) is 20.1. The van der Waals surface area contributed by atoms with E-state index in [0.29, 0.717) is 0 Å². The largest absolute Gasteiger partial charge is 0.308 e. The Morgan fingerprint density at radius 1 is 0.528 bits per heavy atom. The number of pyridine rings is 1. The number of aromatic nitrogens is 3. The Morgan fingerprint density at radius 3 is 1.94 bits per heavy atom. The van der Waals surface area contributed by atoms with E-state index in [0.717, 1.165) is 0 Å². The van der Waals surface area contributed by atoms with Crippen molar-refractivity contribution in [2.75, 3.05) is 0 Å². The molecule has 4 aromatic heterocycles. The molecule has 3 nitrogen and oxygen atoms in total. The lowest BCUT2D eigenvalue weighted by Crippen LogP contribution is -2.27. The molecule has 0 saturated heterocycles. The summed E-state index contributed by atoms with van der Waals surface area (Å²) in [6, 6.07) is 35.6. The maximum absolute atomic E-state index is 2.50. The summed E-state index contributed by atoms with van der Waals surface area (Å²) in [5.41, 5.74) is 10.2. The van der Waals surface area contributed by atoms with Gasteiger partial charge in [0.2, 0.25) is 0 Å². The standard InChI is InChI=1S/C33H22N3/c1-19-30-23-13-9-12-22-20-10-3-5-14-25(20)35(32(22)23)29(30)18-24-21-11-4-6-15-26(21)36-28-17-8-7-16-27(28)34(2)33(36)31(19)24/h3-18H,1-2H3/q+1. The van der Waals surface area contributed by atoms with E-state index >= 15 is 0 Å². The van der Waals surface area contributed by atoms with Crippen LogP contribution in [0.2, 0.25) is 0 Å².